The Kier molecular flexibility index (Phi) is 24.7. The third kappa shape index (κ3) is 14.8. The van der Waals surface area contributed by atoms with Crippen LogP contribution < -0.4 is 17.3 Å². The average Bonchev–Trinajstić information content (AvgIpc) is 0.667. The average molecular weight is 1380 g/mol. The molecule has 35 heteroatoms. The van der Waals surface area contributed by atoms with Gasteiger partial charge in [-0.3, -0.25) is 0 Å². The van der Waals surface area contributed by atoms with E-state index in [1.807, 2.05) is 0 Å². The first-order valence-corrected chi connectivity index (χ1v) is 33.1. The summed E-state index contributed by atoms with van der Waals surface area (Å²) in [4.78, 5) is 0.938. The summed E-state index contributed by atoms with van der Waals surface area (Å²) in [6.07, 6.45) is -56.8. The van der Waals surface area contributed by atoms with Crippen LogP contribution in [-0.2, 0) is 66.3 Å². The predicted octanol–water partition coefficient (Wildman–Crippen LogP) is -13.8. The summed E-state index contributed by atoms with van der Waals surface area (Å²) in [5.74, 6) is 1.85. The first-order valence-electron chi connectivity index (χ1n) is 33.1. The zero-order valence-corrected chi connectivity index (χ0v) is 52.4. The third-order valence-corrected chi connectivity index (χ3v) is 21.9. The van der Waals surface area contributed by atoms with Crippen molar-refractivity contribution in [3.8, 4) is 0 Å². The van der Waals surface area contributed by atoms with E-state index in [0.29, 0.717) is 56.5 Å². The molecule has 14 aliphatic heterocycles. The first kappa shape index (κ1) is 74.1. The zero-order valence-electron chi connectivity index (χ0n) is 51.7. The predicted molar refractivity (Wildman–Crippen MR) is 298 cm³/mol. The van der Waals surface area contributed by atoms with Gasteiger partial charge in [-0.25, -0.2) is 0 Å². The zero-order chi connectivity index (χ0) is 66.1. The fourth-order valence-corrected chi connectivity index (χ4v) is 17.2. The van der Waals surface area contributed by atoms with Crippen LogP contribution in [0.15, 0.2) is 0 Å². The van der Waals surface area contributed by atoms with Gasteiger partial charge >= 0.3 is 0 Å². The minimum Gasteiger partial charge on any atom is -1.00 e. The van der Waals surface area contributed by atoms with Gasteiger partial charge in [-0.15, -0.1) is 0 Å². The molecule has 14 heterocycles. The molecule has 0 amide bonds. The molecular formula is C59H98ClNO33. The van der Waals surface area contributed by atoms with E-state index < -0.39 is 248 Å². The molecular weight excluding hydrogens is 1290 g/mol. The van der Waals surface area contributed by atoms with Crippen LogP contribution in [0.1, 0.15) is 77.0 Å². The fraction of sp³-hybridized carbons (Fsp3) is 1.00. The molecule has 18 rings (SSSR count). The van der Waals surface area contributed by atoms with Crippen LogP contribution in [0.25, 0.3) is 0 Å². The van der Waals surface area contributed by atoms with Crippen molar-refractivity contribution in [2.75, 3.05) is 52.7 Å². The lowest BCUT2D eigenvalue weighted by Crippen LogP contribution is -3.13. The maximum atomic E-state index is 12.4. The number of aliphatic hydroxyl groups excluding tert-OH is 19. The Morgan fingerprint density at radius 2 is 0.564 bits per heavy atom. The first-order chi connectivity index (χ1) is 44.6. The van der Waals surface area contributed by atoms with Crippen LogP contribution in [0, 0.1) is 23.2 Å². The van der Waals surface area contributed by atoms with Crippen molar-refractivity contribution in [1.29, 1.82) is 0 Å². The molecule has 18 aliphatic rings. The molecule has 0 radical (unpaired) electrons. The van der Waals surface area contributed by atoms with Gasteiger partial charge in [0.05, 0.1) is 52.2 Å². The molecule has 18 fully saturated rings. The topological polar surface area (TPSA) is 518 Å². The molecule has 4 saturated carbocycles. The van der Waals surface area contributed by atoms with Gasteiger partial charge in [0, 0.05) is 6.42 Å². The highest BCUT2D eigenvalue weighted by molar-refractivity contribution is 5.04. The van der Waals surface area contributed by atoms with E-state index in [1.54, 1.807) is 0 Å². The van der Waals surface area contributed by atoms with Crippen LogP contribution in [0.3, 0.4) is 0 Å². The molecule has 0 spiro atoms. The number of fused-ring (bicyclic) bond motifs is 5. The van der Waals surface area contributed by atoms with E-state index in [-0.39, 0.29) is 30.8 Å². The Labute approximate surface area is 546 Å². The van der Waals surface area contributed by atoms with E-state index in [2.05, 4.69) is 0 Å². The van der Waals surface area contributed by atoms with Crippen molar-refractivity contribution in [2.24, 2.45) is 23.2 Å². The molecule has 34 nitrogen and oxygen atoms in total. The standard InChI is InChI=1S/C59H97NO33.ClH/c61-16-26-47-35(70)42(77)56(84-26)93-51-30(20-65)86-58(44(79)37(51)72)92-50-29(19-64)83-55(41(76)34(50)69)88-46-25-15-60(8-6-59-12-21-9-22(13-59)11-23(10-21)14-59)7-4-2-1-3-5-24-45(31(66)38(73)52(80-24)89-47)87-54-40(75)33(68)49(28(18-63)82-54)91-57-43(78)36(71)48(27(17-62)85-57)90-53(81-25)39(74)32(46)67;/h21-58,61-79H,1-20H2;1H/t21?,22?,23?,24-,25-,26-,27-,28-,29?,30-,31?,32?,33?,34?,35?,36?,37?,38?,39?,40?,41?,42?,43?,44?,45-,46-,47-,48-,49-,50-,51-,52-,53-,54-,55-,56-,57-,58-,59?;/m1./s1. The maximum absolute atomic E-state index is 12.4. The molecule has 0 aromatic carbocycles. The Morgan fingerprint density at radius 3 is 0.883 bits per heavy atom. The lowest BCUT2D eigenvalue weighted by atomic mass is 9.49. The Hall–Kier alpha value is -1.07. The summed E-state index contributed by atoms with van der Waals surface area (Å²) in [6.45, 7) is -3.85. The number of aliphatic hydroxyl groups is 19. The number of hydrogen-bond donors (Lipinski definition) is 20. The van der Waals surface area contributed by atoms with Crippen LogP contribution in [-0.4, -0.2) is 365 Å². The molecule has 0 aromatic rings. The van der Waals surface area contributed by atoms with Crippen LogP contribution in [0.2, 0.25) is 0 Å². The number of halogens is 1. The monoisotopic (exact) mass is 1380 g/mol. The molecule has 4 aliphatic carbocycles. The normalized spacial score (nSPS) is 55.2. The summed E-state index contributed by atoms with van der Waals surface area (Å²) < 4.78 is 85.3. The molecule has 94 heavy (non-hydrogen) atoms. The number of nitrogens with one attached hydrogen (secondary N) is 1. The van der Waals surface area contributed by atoms with Crippen molar-refractivity contribution >= 4 is 0 Å². The van der Waals surface area contributed by atoms with E-state index >= 15 is 0 Å². The second-order valence-electron chi connectivity index (χ2n) is 28.1. The van der Waals surface area contributed by atoms with E-state index in [4.69, 9.17) is 66.3 Å². The highest BCUT2D eigenvalue weighted by atomic mass is 35.5. The Morgan fingerprint density at radius 1 is 0.298 bits per heavy atom. The summed E-state index contributed by atoms with van der Waals surface area (Å²) in [6, 6.07) is 0. The molecule has 16 unspecified atom stereocenters. The summed E-state index contributed by atoms with van der Waals surface area (Å²) in [7, 11) is 0. The van der Waals surface area contributed by atoms with Crippen molar-refractivity contribution in [3.63, 3.8) is 0 Å². The number of rotatable bonds is 8. The van der Waals surface area contributed by atoms with Gasteiger partial charge in [-0.05, 0) is 81.0 Å². The van der Waals surface area contributed by atoms with Crippen molar-refractivity contribution in [2.45, 2.75) is 292 Å². The summed E-state index contributed by atoms with van der Waals surface area (Å²) in [5.41, 5.74) is 0.0684. The highest BCUT2D eigenvalue weighted by Crippen LogP contribution is 2.61. The third-order valence-electron chi connectivity index (χ3n) is 21.9. The summed E-state index contributed by atoms with van der Waals surface area (Å²) in [5, 5.41) is 219. The van der Waals surface area contributed by atoms with Crippen LogP contribution in [0.4, 0.5) is 0 Å². The maximum Gasteiger partial charge on any atom is 0.187 e. The summed E-state index contributed by atoms with van der Waals surface area (Å²) >= 11 is 0. The van der Waals surface area contributed by atoms with E-state index in [9.17, 15) is 97.0 Å². The smallest absolute Gasteiger partial charge is 0.187 e. The van der Waals surface area contributed by atoms with E-state index in [1.165, 1.54) is 19.3 Å². The number of ether oxygens (including phenoxy) is 14. The second kappa shape index (κ2) is 31.3. The lowest BCUT2D eigenvalue weighted by Gasteiger charge is -2.57. The van der Waals surface area contributed by atoms with Gasteiger partial charge in [0.15, 0.2) is 44.0 Å². The van der Waals surface area contributed by atoms with E-state index in [0.717, 1.165) is 30.6 Å². The van der Waals surface area contributed by atoms with Crippen LogP contribution in [0.5, 0.6) is 0 Å². The largest absolute Gasteiger partial charge is 1.00 e. The Bertz CT molecular complexity index is 2340. The van der Waals surface area contributed by atoms with Gasteiger partial charge < -0.3 is 181 Å². The molecule has 18 bridgehead atoms. The van der Waals surface area contributed by atoms with Gasteiger partial charge in [-0.2, -0.15) is 0 Å². The minimum absolute atomic E-state index is 0. The highest BCUT2D eigenvalue weighted by Gasteiger charge is 2.61. The van der Waals surface area contributed by atoms with Crippen molar-refractivity contribution in [1.82, 2.24) is 0 Å². The van der Waals surface area contributed by atoms with Gasteiger partial charge in [0.1, 0.15) is 171 Å². The van der Waals surface area contributed by atoms with Gasteiger partial charge in [0.25, 0.3) is 0 Å². The molecule has 36 atom stereocenters. The fourth-order valence-electron chi connectivity index (χ4n) is 17.2. The van der Waals surface area contributed by atoms with Gasteiger partial charge in [-0.1, -0.05) is 12.8 Å². The van der Waals surface area contributed by atoms with Crippen LogP contribution >= 0.6 is 0 Å². The lowest BCUT2D eigenvalue weighted by molar-refractivity contribution is -0.905. The van der Waals surface area contributed by atoms with Crippen molar-refractivity contribution in [3.05, 3.63) is 0 Å². The Balaban J connectivity index is 0.00000901. The SMILES string of the molecule is OCC1O[C@@H]2O[C@H]3C(O)C(O)[C@@H]4O[C@@H]3C[NH+](CCC35CC6CC(CC(C6)C3)C5)CCCCCC[C@H]3O[C@H](O[C@H]5C(O)C(O)[C@H](O[C@@H]5CO)O[C@H]5C(O)C(O)[C@@H](O[C@H]1C(O)C2O)O[C@@H]5CO)C(O)C(O)[C@@H]3O[C@H]1O[C@H](CO)[C@@H](O[C@H]2O[C@H](CO)[C@@H](O4)C(O)C2O)C(O)C1O.[Cl-]. The molecule has 544 valence electrons. The van der Waals surface area contributed by atoms with Gasteiger partial charge in [0.2, 0.25) is 0 Å². The number of hydrogen-bond acceptors (Lipinski definition) is 33. The quantitative estimate of drug-likeness (QED) is 0.107. The molecule has 0 aromatic heterocycles. The van der Waals surface area contributed by atoms with Crippen molar-refractivity contribution < 1.29 is 181 Å². The second-order valence-corrected chi connectivity index (χ2v) is 28.1. The molecule has 20 N–H and O–H groups in total. The number of quaternary nitrogens is 1. The minimum atomic E-state index is -2.16. The molecule has 14 saturated heterocycles.